The van der Waals surface area contributed by atoms with Crippen molar-refractivity contribution < 1.29 is 18.7 Å². The molecule has 5 nitrogen and oxygen atoms in total. The third-order valence-electron chi connectivity index (χ3n) is 3.94. The minimum atomic E-state index is -0.320. The number of methoxy groups -OCH3 is 1. The van der Waals surface area contributed by atoms with E-state index in [9.17, 15) is 9.18 Å². The molecule has 1 amide bonds. The zero-order valence-electron chi connectivity index (χ0n) is 15.3. The number of amides is 1. The average Bonchev–Trinajstić information content (AvgIpc) is 3.16. The minimum absolute atomic E-state index is 0.189. The van der Waals surface area contributed by atoms with Gasteiger partial charge in [0.1, 0.15) is 34.6 Å². The smallest absolute Gasteiger partial charge is 0.273 e. The van der Waals surface area contributed by atoms with Gasteiger partial charge >= 0.3 is 0 Å². The molecule has 0 spiro atoms. The van der Waals surface area contributed by atoms with Crippen molar-refractivity contribution in [3.05, 3.63) is 74.4 Å². The lowest BCUT2D eigenvalue weighted by Gasteiger charge is -2.18. The summed E-state index contributed by atoms with van der Waals surface area (Å²) in [6.45, 7) is 0.604. The maximum absolute atomic E-state index is 12.9. The molecule has 0 aliphatic heterocycles. The van der Waals surface area contributed by atoms with E-state index < -0.39 is 0 Å². The van der Waals surface area contributed by atoms with E-state index in [2.05, 4.69) is 20.9 Å². The van der Waals surface area contributed by atoms with Crippen LogP contribution in [-0.2, 0) is 13.2 Å². The van der Waals surface area contributed by atoms with Gasteiger partial charge in [-0.3, -0.25) is 4.79 Å². The van der Waals surface area contributed by atoms with E-state index in [0.717, 1.165) is 15.8 Å². The van der Waals surface area contributed by atoms with Gasteiger partial charge < -0.3 is 14.4 Å². The van der Waals surface area contributed by atoms with Gasteiger partial charge in [0.05, 0.1) is 7.11 Å². The number of hydrogen-bond acceptors (Lipinski definition) is 5. The van der Waals surface area contributed by atoms with Crippen molar-refractivity contribution >= 4 is 33.2 Å². The number of carbonyl (C=O) groups excluding carboxylic acids is 1. The Hall–Kier alpha value is -2.45. The van der Waals surface area contributed by atoms with Gasteiger partial charge in [-0.25, -0.2) is 9.37 Å². The number of halogens is 2. The Labute approximate surface area is 174 Å². The third-order valence-corrected chi connectivity index (χ3v) is 5.26. The number of hydrogen-bond donors (Lipinski definition) is 0. The second kappa shape index (κ2) is 9.16. The number of carbonyl (C=O) groups is 1. The molecule has 2 aromatic carbocycles. The summed E-state index contributed by atoms with van der Waals surface area (Å²) in [6.07, 6.45) is 0. The molecule has 28 heavy (non-hydrogen) atoms. The fourth-order valence-corrected chi connectivity index (χ4v) is 3.63. The summed E-state index contributed by atoms with van der Waals surface area (Å²) in [5.41, 5.74) is 1.25. The number of nitrogens with zero attached hydrogens (tertiary/aromatic N) is 2. The summed E-state index contributed by atoms with van der Waals surface area (Å²) in [6, 6.07) is 11.4. The predicted molar refractivity (Wildman–Crippen MR) is 109 cm³/mol. The molecule has 0 saturated heterocycles. The molecule has 0 fully saturated rings. The van der Waals surface area contributed by atoms with Crippen LogP contribution in [0.3, 0.4) is 0 Å². The van der Waals surface area contributed by atoms with Crippen LogP contribution in [0.5, 0.6) is 11.5 Å². The Kier molecular flexibility index (Phi) is 6.64. The second-order valence-electron chi connectivity index (χ2n) is 5.99. The van der Waals surface area contributed by atoms with E-state index in [-0.39, 0.29) is 18.3 Å². The van der Waals surface area contributed by atoms with Gasteiger partial charge in [-0.1, -0.05) is 15.9 Å². The number of ether oxygens (including phenoxy) is 2. The van der Waals surface area contributed by atoms with Crippen LogP contribution in [0.4, 0.5) is 4.39 Å². The van der Waals surface area contributed by atoms with Gasteiger partial charge in [0.2, 0.25) is 0 Å². The monoisotopic (exact) mass is 464 g/mol. The van der Waals surface area contributed by atoms with Crippen molar-refractivity contribution in [2.75, 3.05) is 14.2 Å². The van der Waals surface area contributed by atoms with Gasteiger partial charge in [-0.05, 0) is 42.5 Å². The Morgan fingerprint density at radius 1 is 1.25 bits per heavy atom. The van der Waals surface area contributed by atoms with E-state index in [4.69, 9.17) is 9.47 Å². The van der Waals surface area contributed by atoms with E-state index >= 15 is 0 Å². The second-order valence-corrected chi connectivity index (χ2v) is 7.84. The molecule has 0 radical (unpaired) electrons. The molecule has 0 bridgehead atoms. The van der Waals surface area contributed by atoms with Gasteiger partial charge in [0.25, 0.3) is 5.91 Å². The molecule has 8 heteroatoms. The fourth-order valence-electron chi connectivity index (χ4n) is 2.54. The Bertz CT molecular complexity index is 962. The Morgan fingerprint density at radius 2 is 2.00 bits per heavy atom. The molecule has 3 rings (SSSR count). The highest BCUT2D eigenvalue weighted by Crippen LogP contribution is 2.25. The minimum Gasteiger partial charge on any atom is -0.496 e. The highest BCUT2D eigenvalue weighted by molar-refractivity contribution is 9.10. The highest BCUT2D eigenvalue weighted by atomic mass is 79.9. The molecule has 0 saturated carbocycles. The van der Waals surface area contributed by atoms with E-state index in [1.54, 1.807) is 36.6 Å². The quantitative estimate of drug-likeness (QED) is 0.498. The lowest BCUT2D eigenvalue weighted by Crippen LogP contribution is -2.26. The first-order valence-corrected chi connectivity index (χ1v) is 10.0. The summed E-state index contributed by atoms with van der Waals surface area (Å²) in [5.74, 6) is 0.753. The molecule has 1 aromatic heterocycles. The van der Waals surface area contributed by atoms with E-state index in [0.29, 0.717) is 23.0 Å². The maximum atomic E-state index is 12.9. The molecular formula is C20H18BrFN2O3S. The highest BCUT2D eigenvalue weighted by Gasteiger charge is 2.17. The van der Waals surface area contributed by atoms with Crippen molar-refractivity contribution in [1.29, 1.82) is 0 Å². The number of thiazole rings is 1. The standard InChI is InChI=1S/C20H18BrFN2O3S/c1-24(10-13-9-14(21)3-8-18(13)26-2)20(25)17-12-28-19(23-17)11-27-16-6-4-15(22)5-7-16/h3-9,12H,10-11H2,1-2H3. The lowest BCUT2D eigenvalue weighted by atomic mass is 10.2. The summed E-state index contributed by atoms with van der Waals surface area (Å²) in [5, 5.41) is 2.38. The first kappa shape index (κ1) is 20.3. The van der Waals surface area contributed by atoms with Crippen molar-refractivity contribution in [3.63, 3.8) is 0 Å². The molecule has 3 aromatic rings. The van der Waals surface area contributed by atoms with E-state index in [1.807, 2.05) is 18.2 Å². The fraction of sp³-hybridized carbons (Fsp3) is 0.200. The average molecular weight is 465 g/mol. The lowest BCUT2D eigenvalue weighted by molar-refractivity contribution is 0.0779. The number of rotatable bonds is 7. The first-order valence-electron chi connectivity index (χ1n) is 8.37. The zero-order valence-corrected chi connectivity index (χ0v) is 17.7. The van der Waals surface area contributed by atoms with Crippen LogP contribution in [0, 0.1) is 5.82 Å². The van der Waals surface area contributed by atoms with Crippen molar-refractivity contribution in [2.24, 2.45) is 0 Å². The van der Waals surface area contributed by atoms with Gasteiger partial charge in [0, 0.05) is 29.0 Å². The summed E-state index contributed by atoms with van der Waals surface area (Å²) < 4.78 is 24.8. The zero-order chi connectivity index (χ0) is 20.1. The molecule has 0 unspecified atom stereocenters. The molecule has 0 N–H and O–H groups in total. The Morgan fingerprint density at radius 3 is 2.71 bits per heavy atom. The summed E-state index contributed by atoms with van der Waals surface area (Å²) in [7, 11) is 3.32. The van der Waals surface area contributed by atoms with Crippen LogP contribution in [0.25, 0.3) is 0 Å². The largest absolute Gasteiger partial charge is 0.496 e. The van der Waals surface area contributed by atoms with Crippen molar-refractivity contribution in [1.82, 2.24) is 9.88 Å². The molecule has 0 atom stereocenters. The van der Waals surface area contributed by atoms with Crippen LogP contribution in [0.1, 0.15) is 21.1 Å². The van der Waals surface area contributed by atoms with Crippen LogP contribution < -0.4 is 9.47 Å². The normalized spacial score (nSPS) is 10.6. The predicted octanol–water partition coefficient (Wildman–Crippen LogP) is 4.90. The van der Waals surface area contributed by atoms with Crippen LogP contribution in [0.2, 0.25) is 0 Å². The molecule has 0 aliphatic rings. The topological polar surface area (TPSA) is 51.7 Å². The summed E-state index contributed by atoms with van der Waals surface area (Å²) in [4.78, 5) is 18.6. The van der Waals surface area contributed by atoms with Gasteiger partial charge in [-0.2, -0.15) is 0 Å². The van der Waals surface area contributed by atoms with Crippen LogP contribution in [-0.4, -0.2) is 29.9 Å². The van der Waals surface area contributed by atoms with Crippen molar-refractivity contribution in [2.45, 2.75) is 13.2 Å². The molecule has 0 aliphatic carbocycles. The number of benzene rings is 2. The van der Waals surface area contributed by atoms with Crippen molar-refractivity contribution in [3.8, 4) is 11.5 Å². The van der Waals surface area contributed by atoms with Crippen LogP contribution in [0.15, 0.2) is 52.3 Å². The maximum Gasteiger partial charge on any atom is 0.273 e. The third kappa shape index (κ3) is 5.08. The van der Waals surface area contributed by atoms with Gasteiger partial charge in [0.15, 0.2) is 0 Å². The van der Waals surface area contributed by atoms with Gasteiger partial charge in [-0.15, -0.1) is 11.3 Å². The SMILES string of the molecule is COc1ccc(Br)cc1CN(C)C(=O)c1csc(COc2ccc(F)cc2)n1. The van der Waals surface area contributed by atoms with Crippen LogP contribution >= 0.6 is 27.3 Å². The molecular weight excluding hydrogens is 447 g/mol. The van der Waals surface area contributed by atoms with E-state index in [1.165, 1.54) is 23.5 Å². The Balaban J connectivity index is 1.63. The number of aromatic nitrogens is 1. The molecule has 1 heterocycles. The first-order chi connectivity index (χ1) is 13.5. The molecule has 146 valence electrons. The summed E-state index contributed by atoms with van der Waals surface area (Å²) >= 11 is 4.78.